The minimum atomic E-state index is -1.53. The first-order chi connectivity index (χ1) is 8.90. The molecule has 0 amide bonds. The third kappa shape index (κ3) is 2.58. The standard InChI is InChI=1S/C13H11F3N2O/c1-6-9(7(2)19)5-17-13(18-6)8-3-10(14)12(16)11(15)4-8/h3-5,7,19H,1-2H3/t7-/m0/s1. The molecule has 2 rings (SSSR count). The summed E-state index contributed by atoms with van der Waals surface area (Å²) < 4.78 is 39.1. The van der Waals surface area contributed by atoms with Crippen molar-refractivity contribution in [3.63, 3.8) is 0 Å². The molecule has 6 heteroatoms. The number of halogens is 3. The molecule has 1 heterocycles. The van der Waals surface area contributed by atoms with Crippen molar-refractivity contribution in [1.82, 2.24) is 9.97 Å². The first-order valence-corrected chi connectivity index (χ1v) is 5.56. The Morgan fingerprint density at radius 1 is 1.16 bits per heavy atom. The van der Waals surface area contributed by atoms with E-state index in [9.17, 15) is 18.3 Å². The van der Waals surface area contributed by atoms with E-state index in [1.165, 1.54) is 6.20 Å². The molecule has 100 valence electrons. The maximum atomic E-state index is 13.1. The van der Waals surface area contributed by atoms with Crippen LogP contribution in [0.2, 0.25) is 0 Å². The van der Waals surface area contributed by atoms with Crippen LogP contribution in [0.4, 0.5) is 13.2 Å². The predicted molar refractivity (Wildman–Crippen MR) is 62.7 cm³/mol. The van der Waals surface area contributed by atoms with E-state index in [-0.39, 0.29) is 11.4 Å². The van der Waals surface area contributed by atoms with E-state index in [0.29, 0.717) is 11.3 Å². The number of aliphatic hydroxyl groups is 1. The van der Waals surface area contributed by atoms with E-state index in [4.69, 9.17) is 0 Å². The van der Waals surface area contributed by atoms with Crippen molar-refractivity contribution in [3.05, 3.63) is 47.0 Å². The lowest BCUT2D eigenvalue weighted by atomic mass is 10.1. The zero-order valence-electron chi connectivity index (χ0n) is 10.3. The first-order valence-electron chi connectivity index (χ1n) is 5.56. The zero-order valence-corrected chi connectivity index (χ0v) is 10.3. The number of rotatable bonds is 2. The average molecular weight is 268 g/mol. The van der Waals surface area contributed by atoms with Crippen LogP contribution in [0.25, 0.3) is 11.4 Å². The fraction of sp³-hybridized carbons (Fsp3) is 0.231. The third-order valence-corrected chi connectivity index (χ3v) is 2.71. The summed E-state index contributed by atoms with van der Waals surface area (Å²) in [6.07, 6.45) is 0.636. The number of aryl methyl sites for hydroxylation is 1. The van der Waals surface area contributed by atoms with Crippen molar-refractivity contribution < 1.29 is 18.3 Å². The molecule has 1 aromatic heterocycles. The molecule has 1 N–H and O–H groups in total. The summed E-state index contributed by atoms with van der Waals surface area (Å²) in [5.41, 5.74) is 1.05. The van der Waals surface area contributed by atoms with Crippen LogP contribution in [0.3, 0.4) is 0 Å². The minimum absolute atomic E-state index is 0.0386. The Bertz CT molecular complexity index is 606. The summed E-state index contributed by atoms with van der Waals surface area (Å²) in [6, 6.07) is 1.66. The van der Waals surface area contributed by atoms with Crippen molar-refractivity contribution in [2.45, 2.75) is 20.0 Å². The topological polar surface area (TPSA) is 46.0 Å². The highest BCUT2D eigenvalue weighted by molar-refractivity contribution is 5.55. The van der Waals surface area contributed by atoms with Gasteiger partial charge in [0, 0.05) is 23.0 Å². The molecule has 1 atom stereocenters. The van der Waals surface area contributed by atoms with Crippen LogP contribution < -0.4 is 0 Å². The van der Waals surface area contributed by atoms with Gasteiger partial charge >= 0.3 is 0 Å². The van der Waals surface area contributed by atoms with Crippen molar-refractivity contribution in [2.75, 3.05) is 0 Å². The van der Waals surface area contributed by atoms with Gasteiger partial charge in [0.25, 0.3) is 0 Å². The molecule has 0 aliphatic heterocycles. The van der Waals surface area contributed by atoms with Gasteiger partial charge in [-0.1, -0.05) is 0 Å². The van der Waals surface area contributed by atoms with Gasteiger partial charge in [-0.25, -0.2) is 23.1 Å². The fourth-order valence-electron chi connectivity index (χ4n) is 1.71. The van der Waals surface area contributed by atoms with Gasteiger partial charge in [0.05, 0.1) is 6.10 Å². The molecule has 0 aliphatic carbocycles. The van der Waals surface area contributed by atoms with Gasteiger partial charge in [0.1, 0.15) is 0 Å². The van der Waals surface area contributed by atoms with Crippen LogP contribution in [0.15, 0.2) is 18.3 Å². The van der Waals surface area contributed by atoms with E-state index >= 15 is 0 Å². The maximum absolute atomic E-state index is 13.1. The second kappa shape index (κ2) is 4.97. The number of aliphatic hydroxyl groups excluding tert-OH is 1. The van der Waals surface area contributed by atoms with Gasteiger partial charge < -0.3 is 5.11 Å². The summed E-state index contributed by atoms with van der Waals surface area (Å²) in [5, 5.41) is 9.44. The SMILES string of the molecule is Cc1nc(-c2cc(F)c(F)c(F)c2)ncc1[C@H](C)O. The largest absolute Gasteiger partial charge is 0.389 e. The normalized spacial score (nSPS) is 12.5. The third-order valence-electron chi connectivity index (χ3n) is 2.71. The smallest absolute Gasteiger partial charge is 0.194 e. The molecule has 0 unspecified atom stereocenters. The lowest BCUT2D eigenvalue weighted by Gasteiger charge is -2.09. The molecular weight excluding hydrogens is 257 g/mol. The van der Waals surface area contributed by atoms with E-state index in [1.807, 2.05) is 0 Å². The first kappa shape index (κ1) is 13.5. The minimum Gasteiger partial charge on any atom is -0.389 e. The van der Waals surface area contributed by atoms with E-state index in [0.717, 1.165) is 12.1 Å². The summed E-state index contributed by atoms with van der Waals surface area (Å²) in [6.45, 7) is 3.20. The Hall–Kier alpha value is -1.95. The van der Waals surface area contributed by atoms with E-state index < -0.39 is 23.6 Å². The lowest BCUT2D eigenvalue weighted by molar-refractivity contribution is 0.197. The second-order valence-electron chi connectivity index (χ2n) is 4.16. The van der Waals surface area contributed by atoms with Crippen LogP contribution in [-0.2, 0) is 0 Å². The van der Waals surface area contributed by atoms with E-state index in [1.54, 1.807) is 13.8 Å². The Morgan fingerprint density at radius 2 is 1.74 bits per heavy atom. The van der Waals surface area contributed by atoms with Gasteiger partial charge in [0.15, 0.2) is 23.3 Å². The molecule has 0 saturated heterocycles. The van der Waals surface area contributed by atoms with Crippen LogP contribution in [0.1, 0.15) is 24.3 Å². The molecule has 19 heavy (non-hydrogen) atoms. The molecule has 0 spiro atoms. The molecule has 0 saturated carbocycles. The maximum Gasteiger partial charge on any atom is 0.194 e. The van der Waals surface area contributed by atoms with Crippen molar-refractivity contribution in [3.8, 4) is 11.4 Å². The number of hydrogen-bond acceptors (Lipinski definition) is 3. The van der Waals surface area contributed by atoms with E-state index in [2.05, 4.69) is 9.97 Å². The van der Waals surface area contributed by atoms with Crippen molar-refractivity contribution in [2.24, 2.45) is 0 Å². The van der Waals surface area contributed by atoms with Gasteiger partial charge in [-0.05, 0) is 26.0 Å². The second-order valence-corrected chi connectivity index (χ2v) is 4.16. The van der Waals surface area contributed by atoms with Crippen LogP contribution >= 0.6 is 0 Å². The Labute approximate surface area is 107 Å². The zero-order chi connectivity index (χ0) is 14.2. The van der Waals surface area contributed by atoms with Gasteiger partial charge in [-0.3, -0.25) is 0 Å². The quantitative estimate of drug-likeness (QED) is 0.852. The summed E-state index contributed by atoms with van der Waals surface area (Å²) in [4.78, 5) is 7.97. The molecule has 3 nitrogen and oxygen atoms in total. The number of nitrogens with zero attached hydrogens (tertiary/aromatic N) is 2. The molecule has 0 fully saturated rings. The van der Waals surface area contributed by atoms with Gasteiger partial charge in [-0.15, -0.1) is 0 Å². The molecule has 1 aromatic carbocycles. The molecular formula is C13H11F3N2O. The lowest BCUT2D eigenvalue weighted by Crippen LogP contribution is -2.02. The Kier molecular flexibility index (Phi) is 3.53. The molecule has 0 bridgehead atoms. The predicted octanol–water partition coefficient (Wildman–Crippen LogP) is 2.92. The highest BCUT2D eigenvalue weighted by Crippen LogP contribution is 2.23. The number of aromatic nitrogens is 2. The van der Waals surface area contributed by atoms with Crippen LogP contribution in [0, 0.1) is 24.4 Å². The summed E-state index contributed by atoms with van der Waals surface area (Å²) >= 11 is 0. The summed E-state index contributed by atoms with van der Waals surface area (Å²) in [7, 11) is 0. The van der Waals surface area contributed by atoms with Gasteiger partial charge in [-0.2, -0.15) is 0 Å². The fourth-order valence-corrected chi connectivity index (χ4v) is 1.71. The molecule has 0 radical (unpaired) electrons. The average Bonchev–Trinajstić information content (AvgIpc) is 2.34. The molecule has 0 aliphatic rings. The number of hydrogen-bond donors (Lipinski definition) is 1. The Morgan fingerprint density at radius 3 is 2.21 bits per heavy atom. The monoisotopic (exact) mass is 268 g/mol. The van der Waals surface area contributed by atoms with Crippen LogP contribution in [0.5, 0.6) is 0 Å². The summed E-state index contributed by atoms with van der Waals surface area (Å²) in [5.74, 6) is -4.05. The van der Waals surface area contributed by atoms with Crippen molar-refractivity contribution >= 4 is 0 Å². The Balaban J connectivity index is 2.51. The highest BCUT2D eigenvalue weighted by atomic mass is 19.2. The molecule has 2 aromatic rings. The van der Waals surface area contributed by atoms with Gasteiger partial charge in [0.2, 0.25) is 0 Å². The van der Waals surface area contributed by atoms with Crippen molar-refractivity contribution in [1.29, 1.82) is 0 Å². The van der Waals surface area contributed by atoms with Crippen LogP contribution in [-0.4, -0.2) is 15.1 Å². The highest BCUT2D eigenvalue weighted by Gasteiger charge is 2.14. The number of benzene rings is 1.